The fourth-order valence-corrected chi connectivity index (χ4v) is 3.40. The average molecular weight is 243 g/mol. The Morgan fingerprint density at radius 3 is 3.28 bits per heavy atom. The third-order valence-corrected chi connectivity index (χ3v) is 4.23. The Labute approximate surface area is 106 Å². The first kappa shape index (κ1) is 10.3. The number of aromatic nitrogens is 3. The molecule has 2 unspecified atom stereocenters. The molecule has 0 aliphatic carbocycles. The summed E-state index contributed by atoms with van der Waals surface area (Å²) >= 11 is 0. The molecule has 2 N–H and O–H groups in total. The minimum absolute atomic E-state index is 0.603. The van der Waals surface area contributed by atoms with E-state index in [0.717, 1.165) is 23.4 Å². The van der Waals surface area contributed by atoms with Crippen molar-refractivity contribution in [2.45, 2.75) is 31.3 Å². The largest absolute Gasteiger partial charge is 0.351 e. The molecule has 4 rings (SSSR count). The van der Waals surface area contributed by atoms with Crippen LogP contribution in [0.4, 0.5) is 5.82 Å². The number of fused-ring (bicyclic) bond motifs is 2. The van der Waals surface area contributed by atoms with E-state index in [9.17, 15) is 0 Å². The molecule has 0 radical (unpaired) electrons. The molecule has 5 nitrogen and oxygen atoms in total. The van der Waals surface area contributed by atoms with Crippen molar-refractivity contribution in [1.82, 2.24) is 20.3 Å². The fraction of sp³-hybridized carbons (Fsp3) is 0.538. The summed E-state index contributed by atoms with van der Waals surface area (Å²) in [5.41, 5.74) is 0.937. The van der Waals surface area contributed by atoms with Gasteiger partial charge in [0, 0.05) is 24.8 Å². The predicted molar refractivity (Wildman–Crippen MR) is 70.7 cm³/mol. The number of piperidine rings is 1. The topological polar surface area (TPSA) is 56.8 Å². The van der Waals surface area contributed by atoms with Gasteiger partial charge in [0.25, 0.3) is 0 Å². The number of anilines is 1. The first-order valence-corrected chi connectivity index (χ1v) is 6.71. The van der Waals surface area contributed by atoms with Crippen LogP contribution in [0, 0.1) is 0 Å². The number of aromatic amines is 1. The number of hydrogen-bond acceptors (Lipinski definition) is 4. The minimum atomic E-state index is 0.603. The summed E-state index contributed by atoms with van der Waals surface area (Å²) in [5, 5.41) is 4.77. The first-order chi connectivity index (χ1) is 8.93. The lowest BCUT2D eigenvalue weighted by Crippen LogP contribution is -2.47. The quantitative estimate of drug-likeness (QED) is 0.792. The maximum absolute atomic E-state index is 4.52. The maximum Gasteiger partial charge on any atom is 0.142 e. The van der Waals surface area contributed by atoms with Gasteiger partial charge in [-0.15, -0.1) is 0 Å². The van der Waals surface area contributed by atoms with Crippen LogP contribution in [0.5, 0.6) is 0 Å². The number of H-pyrrole nitrogens is 1. The smallest absolute Gasteiger partial charge is 0.142 e. The van der Waals surface area contributed by atoms with E-state index in [-0.39, 0.29) is 0 Å². The molecular weight excluding hydrogens is 226 g/mol. The van der Waals surface area contributed by atoms with Crippen molar-refractivity contribution in [3.05, 3.63) is 18.6 Å². The lowest BCUT2D eigenvalue weighted by atomic mass is 9.99. The predicted octanol–water partition coefficient (Wildman–Crippen LogP) is 1.29. The van der Waals surface area contributed by atoms with Crippen LogP contribution in [-0.4, -0.2) is 40.1 Å². The highest BCUT2D eigenvalue weighted by atomic mass is 15.3. The van der Waals surface area contributed by atoms with Gasteiger partial charge in [0.15, 0.2) is 0 Å². The van der Waals surface area contributed by atoms with Crippen LogP contribution >= 0.6 is 0 Å². The molecule has 4 heterocycles. The normalized spacial score (nSPS) is 27.7. The third-order valence-electron chi connectivity index (χ3n) is 4.23. The van der Waals surface area contributed by atoms with Crippen LogP contribution in [0.1, 0.15) is 19.3 Å². The standard InChI is InChI=1S/C13H17N5/c1-2-11-10(14-5-1)4-7-18(11)13-9-3-6-15-12(9)16-8-17-13/h3,6,8,10-11,14H,1-2,4-5,7H2,(H,15,16,17). The zero-order chi connectivity index (χ0) is 11.9. The summed E-state index contributed by atoms with van der Waals surface area (Å²) in [6.45, 7) is 2.26. The fourth-order valence-electron chi connectivity index (χ4n) is 3.40. The van der Waals surface area contributed by atoms with Crippen molar-refractivity contribution in [1.29, 1.82) is 0 Å². The van der Waals surface area contributed by atoms with E-state index in [0.29, 0.717) is 12.1 Å². The van der Waals surface area contributed by atoms with Gasteiger partial charge in [0.2, 0.25) is 0 Å². The lowest BCUT2D eigenvalue weighted by molar-refractivity contribution is 0.382. The van der Waals surface area contributed by atoms with Crippen molar-refractivity contribution in [3.63, 3.8) is 0 Å². The SMILES string of the molecule is c1nc(N2CCC3NCCCC32)c2cc[nH]c2n1. The minimum Gasteiger partial charge on any atom is -0.351 e. The highest BCUT2D eigenvalue weighted by Gasteiger charge is 2.36. The zero-order valence-electron chi connectivity index (χ0n) is 10.3. The van der Waals surface area contributed by atoms with Gasteiger partial charge in [-0.25, -0.2) is 9.97 Å². The summed E-state index contributed by atoms with van der Waals surface area (Å²) in [7, 11) is 0. The second-order valence-electron chi connectivity index (χ2n) is 5.19. The van der Waals surface area contributed by atoms with Gasteiger partial charge in [0.1, 0.15) is 17.8 Å². The van der Waals surface area contributed by atoms with E-state index < -0.39 is 0 Å². The summed E-state index contributed by atoms with van der Waals surface area (Å²) in [4.78, 5) is 14.4. The van der Waals surface area contributed by atoms with E-state index in [1.54, 1.807) is 6.33 Å². The maximum atomic E-state index is 4.52. The van der Waals surface area contributed by atoms with Crippen LogP contribution in [0.25, 0.3) is 11.0 Å². The highest BCUT2D eigenvalue weighted by molar-refractivity contribution is 5.87. The van der Waals surface area contributed by atoms with Crippen LogP contribution in [0.2, 0.25) is 0 Å². The van der Waals surface area contributed by atoms with E-state index >= 15 is 0 Å². The van der Waals surface area contributed by atoms with Crippen LogP contribution < -0.4 is 10.2 Å². The second-order valence-corrected chi connectivity index (χ2v) is 5.19. The third kappa shape index (κ3) is 1.43. The highest BCUT2D eigenvalue weighted by Crippen LogP contribution is 2.32. The molecule has 18 heavy (non-hydrogen) atoms. The molecule has 2 aliphatic rings. The molecule has 0 bridgehead atoms. The van der Waals surface area contributed by atoms with Crippen LogP contribution in [0.3, 0.4) is 0 Å². The molecule has 0 saturated carbocycles. The zero-order valence-corrected chi connectivity index (χ0v) is 10.3. The van der Waals surface area contributed by atoms with E-state index in [2.05, 4.69) is 31.2 Å². The molecule has 0 spiro atoms. The molecule has 2 atom stereocenters. The number of nitrogens with one attached hydrogen (secondary N) is 2. The Morgan fingerprint density at radius 1 is 1.28 bits per heavy atom. The van der Waals surface area contributed by atoms with Gasteiger partial charge in [-0.1, -0.05) is 0 Å². The van der Waals surface area contributed by atoms with Crippen molar-refractivity contribution >= 4 is 16.9 Å². The summed E-state index contributed by atoms with van der Waals surface area (Å²) in [6.07, 6.45) is 7.36. The molecule has 2 aliphatic heterocycles. The molecule has 2 aromatic heterocycles. The summed E-state index contributed by atoms with van der Waals surface area (Å²) in [5.74, 6) is 1.09. The molecule has 0 amide bonds. The molecule has 0 aromatic carbocycles. The van der Waals surface area contributed by atoms with E-state index in [4.69, 9.17) is 0 Å². The Bertz CT molecular complexity index is 563. The lowest BCUT2D eigenvalue weighted by Gasteiger charge is -2.33. The van der Waals surface area contributed by atoms with Crippen molar-refractivity contribution in [2.75, 3.05) is 18.0 Å². The van der Waals surface area contributed by atoms with Gasteiger partial charge < -0.3 is 15.2 Å². The van der Waals surface area contributed by atoms with E-state index in [1.165, 1.54) is 25.8 Å². The molecule has 2 saturated heterocycles. The van der Waals surface area contributed by atoms with Crippen LogP contribution in [0.15, 0.2) is 18.6 Å². The van der Waals surface area contributed by atoms with Crippen LogP contribution in [-0.2, 0) is 0 Å². The van der Waals surface area contributed by atoms with Crippen molar-refractivity contribution in [2.24, 2.45) is 0 Å². The number of hydrogen-bond donors (Lipinski definition) is 2. The Hall–Kier alpha value is -1.62. The van der Waals surface area contributed by atoms with Gasteiger partial charge >= 0.3 is 0 Å². The average Bonchev–Trinajstić information content (AvgIpc) is 3.05. The Balaban J connectivity index is 1.76. The van der Waals surface area contributed by atoms with Gasteiger partial charge in [-0.05, 0) is 31.9 Å². The first-order valence-electron chi connectivity index (χ1n) is 6.71. The number of rotatable bonds is 1. The van der Waals surface area contributed by atoms with E-state index in [1.807, 2.05) is 6.20 Å². The van der Waals surface area contributed by atoms with Gasteiger partial charge in [-0.2, -0.15) is 0 Å². The van der Waals surface area contributed by atoms with Crippen molar-refractivity contribution in [3.8, 4) is 0 Å². The Morgan fingerprint density at radius 2 is 2.28 bits per heavy atom. The molecular formula is C13H17N5. The number of nitrogens with zero attached hydrogens (tertiary/aromatic N) is 3. The summed E-state index contributed by atoms with van der Waals surface area (Å²) < 4.78 is 0. The van der Waals surface area contributed by atoms with Gasteiger partial charge in [0.05, 0.1) is 5.39 Å². The van der Waals surface area contributed by atoms with Crippen molar-refractivity contribution < 1.29 is 0 Å². The Kier molecular flexibility index (Phi) is 2.26. The molecule has 94 valence electrons. The second kappa shape index (κ2) is 3.95. The monoisotopic (exact) mass is 243 g/mol. The molecule has 5 heteroatoms. The summed E-state index contributed by atoms with van der Waals surface area (Å²) in [6, 6.07) is 3.32. The van der Waals surface area contributed by atoms with Gasteiger partial charge in [-0.3, -0.25) is 0 Å². The molecule has 2 fully saturated rings. The molecule has 2 aromatic rings.